The smallest absolute Gasteiger partial charge is 0.285 e. The van der Waals surface area contributed by atoms with Crippen molar-refractivity contribution in [3.63, 3.8) is 0 Å². The summed E-state index contributed by atoms with van der Waals surface area (Å²) in [6.07, 6.45) is 6.00. The molecule has 1 aliphatic carbocycles. The van der Waals surface area contributed by atoms with Crippen LogP contribution in [-0.2, 0) is 27.6 Å². The lowest BCUT2D eigenvalue weighted by atomic mass is 10.1. The monoisotopic (exact) mass is 327 g/mol. The fourth-order valence-corrected chi connectivity index (χ4v) is 4.34. The van der Waals surface area contributed by atoms with Gasteiger partial charge in [0.15, 0.2) is 5.69 Å². The van der Waals surface area contributed by atoms with Crippen LogP contribution in [-0.4, -0.2) is 43.0 Å². The van der Waals surface area contributed by atoms with E-state index >= 15 is 0 Å². The molecule has 122 valence electrons. The summed E-state index contributed by atoms with van der Waals surface area (Å²) in [5, 5.41) is 6.25. The summed E-state index contributed by atoms with van der Waals surface area (Å²) in [4.78, 5) is 12.3. The minimum Gasteiger partial charge on any atom is -0.380 e. The second kappa shape index (κ2) is 6.37. The third kappa shape index (κ3) is 3.17. The zero-order valence-electron chi connectivity index (χ0n) is 12.4. The molecule has 2 aliphatic rings. The van der Waals surface area contributed by atoms with E-state index in [1.165, 1.54) is 0 Å². The maximum absolute atomic E-state index is 12.3. The lowest BCUT2D eigenvalue weighted by molar-refractivity contribution is 0.0949. The number of hydrogen-bond donors (Lipinski definition) is 2. The Labute approximate surface area is 129 Å². The fourth-order valence-electron chi connectivity index (χ4n) is 3.06. The highest BCUT2D eigenvalue weighted by Crippen LogP contribution is 2.22. The Morgan fingerprint density at radius 1 is 1.23 bits per heavy atom. The highest BCUT2D eigenvalue weighted by Gasteiger charge is 2.31. The Morgan fingerprint density at radius 3 is 2.82 bits per heavy atom. The Bertz CT molecular complexity index is 647. The molecule has 1 aromatic heterocycles. The van der Waals surface area contributed by atoms with Crippen LogP contribution in [0.15, 0.2) is 0 Å². The minimum atomic E-state index is -3.72. The summed E-state index contributed by atoms with van der Waals surface area (Å²) in [5.74, 6) is -0.634. The van der Waals surface area contributed by atoms with Crippen molar-refractivity contribution in [1.29, 1.82) is 0 Å². The lowest BCUT2D eigenvalue weighted by Crippen LogP contribution is -2.42. The summed E-state index contributed by atoms with van der Waals surface area (Å²) >= 11 is 0. The highest BCUT2D eigenvalue weighted by molar-refractivity contribution is 7.90. The van der Waals surface area contributed by atoms with Gasteiger partial charge >= 0.3 is 0 Å². The third-order valence-corrected chi connectivity index (χ3v) is 6.03. The first-order valence-corrected chi connectivity index (χ1v) is 9.32. The van der Waals surface area contributed by atoms with Crippen molar-refractivity contribution in [2.45, 2.75) is 50.2 Å². The number of aryl methyl sites for hydroxylation is 1. The number of amides is 1. The molecule has 1 saturated heterocycles. The predicted octanol–water partition coefficient (Wildman–Crippen LogP) is 0.917. The Balaban J connectivity index is 1.75. The summed E-state index contributed by atoms with van der Waals surface area (Å²) < 4.78 is 31.9. The van der Waals surface area contributed by atoms with Crippen LogP contribution in [0.4, 0.5) is 0 Å². The highest BCUT2D eigenvalue weighted by atomic mass is 32.2. The number of aromatic amines is 1. The number of ether oxygens (including phenoxy) is 1. The second-order valence-corrected chi connectivity index (χ2v) is 7.87. The number of rotatable bonds is 3. The van der Waals surface area contributed by atoms with Crippen LogP contribution >= 0.6 is 0 Å². The van der Waals surface area contributed by atoms with Crippen molar-refractivity contribution in [3.05, 3.63) is 17.0 Å². The van der Waals surface area contributed by atoms with E-state index in [0.29, 0.717) is 19.4 Å². The number of fused-ring (bicyclic) bond motifs is 1. The number of sulfonamides is 1. The van der Waals surface area contributed by atoms with Crippen LogP contribution in [0.2, 0.25) is 0 Å². The van der Waals surface area contributed by atoms with Crippen LogP contribution in [0.3, 0.4) is 0 Å². The van der Waals surface area contributed by atoms with Crippen LogP contribution in [0.5, 0.6) is 0 Å². The average Bonchev–Trinajstić information content (AvgIpc) is 2.77. The van der Waals surface area contributed by atoms with Gasteiger partial charge in [-0.05, 0) is 38.5 Å². The van der Waals surface area contributed by atoms with Crippen LogP contribution in [0.1, 0.15) is 53.8 Å². The predicted molar refractivity (Wildman–Crippen MR) is 80.1 cm³/mol. The lowest BCUT2D eigenvalue weighted by Gasteiger charge is -2.22. The molecule has 1 amide bonds. The molecular weight excluding hydrogens is 306 g/mol. The molecular formula is C14H21N3O4S. The van der Waals surface area contributed by atoms with Gasteiger partial charge in [-0.25, -0.2) is 13.1 Å². The number of nitrogens with zero attached hydrogens (tertiary/aromatic N) is 1. The normalized spacial score (nSPS) is 22.6. The summed E-state index contributed by atoms with van der Waals surface area (Å²) in [6.45, 7) is 0.716. The van der Waals surface area contributed by atoms with E-state index in [-0.39, 0.29) is 12.3 Å². The Hall–Kier alpha value is -1.41. The first kappa shape index (κ1) is 15.5. The van der Waals surface area contributed by atoms with Gasteiger partial charge in [-0.2, -0.15) is 5.10 Å². The van der Waals surface area contributed by atoms with Gasteiger partial charge in [-0.1, -0.05) is 6.42 Å². The number of carbonyl (C=O) groups is 1. The zero-order chi connectivity index (χ0) is 15.6. The van der Waals surface area contributed by atoms with Crippen molar-refractivity contribution >= 4 is 15.9 Å². The van der Waals surface area contributed by atoms with Crippen molar-refractivity contribution in [1.82, 2.24) is 14.9 Å². The average molecular weight is 327 g/mol. The van der Waals surface area contributed by atoms with Gasteiger partial charge in [0.2, 0.25) is 10.0 Å². The van der Waals surface area contributed by atoms with Crippen LogP contribution < -0.4 is 4.72 Å². The van der Waals surface area contributed by atoms with Gasteiger partial charge in [0, 0.05) is 17.9 Å². The molecule has 0 unspecified atom stereocenters. The van der Waals surface area contributed by atoms with Crippen LogP contribution in [0.25, 0.3) is 0 Å². The molecule has 8 heteroatoms. The third-order valence-electron chi connectivity index (χ3n) is 4.31. The molecule has 0 aromatic carbocycles. The van der Waals surface area contributed by atoms with Gasteiger partial charge in [-0.15, -0.1) is 0 Å². The molecule has 22 heavy (non-hydrogen) atoms. The maximum Gasteiger partial charge on any atom is 0.285 e. The SMILES string of the molecule is O=C(NS(=O)(=O)[C@H]1CCCOC1)c1n[nH]c2c1CCCCC2. The molecule has 7 nitrogen and oxygen atoms in total. The molecule has 0 radical (unpaired) electrons. The number of carbonyl (C=O) groups excluding carboxylic acids is 1. The van der Waals surface area contributed by atoms with Gasteiger partial charge in [0.25, 0.3) is 5.91 Å². The van der Waals surface area contributed by atoms with Gasteiger partial charge < -0.3 is 4.74 Å². The van der Waals surface area contributed by atoms with Crippen LogP contribution in [0, 0.1) is 0 Å². The number of H-pyrrole nitrogens is 1. The van der Waals surface area contributed by atoms with E-state index in [1.807, 2.05) is 0 Å². The largest absolute Gasteiger partial charge is 0.380 e. The minimum absolute atomic E-state index is 0.140. The molecule has 1 aliphatic heterocycles. The van der Waals surface area contributed by atoms with E-state index in [9.17, 15) is 13.2 Å². The standard InChI is InChI=1S/C14H21N3O4S/c18-14(17-22(19,20)10-5-4-8-21-9-10)13-11-6-2-1-3-7-12(11)15-16-13/h10H,1-9H2,(H,15,16)(H,17,18)/t10-/m0/s1. The Kier molecular flexibility index (Phi) is 4.49. The van der Waals surface area contributed by atoms with E-state index in [2.05, 4.69) is 14.9 Å². The molecule has 2 N–H and O–H groups in total. The molecule has 1 aromatic rings. The molecule has 3 rings (SSSR count). The fraction of sp³-hybridized carbons (Fsp3) is 0.714. The first-order chi connectivity index (χ1) is 10.6. The van der Waals surface area contributed by atoms with Crippen molar-refractivity contribution in [2.24, 2.45) is 0 Å². The molecule has 0 spiro atoms. The summed E-state index contributed by atoms with van der Waals surface area (Å²) in [5.41, 5.74) is 2.04. The number of nitrogens with one attached hydrogen (secondary N) is 2. The van der Waals surface area contributed by atoms with Gasteiger partial charge in [0.1, 0.15) is 5.25 Å². The molecule has 2 heterocycles. The molecule has 1 atom stereocenters. The summed E-state index contributed by atoms with van der Waals surface area (Å²) in [6, 6.07) is 0. The maximum atomic E-state index is 12.3. The van der Waals surface area contributed by atoms with Gasteiger partial charge in [0.05, 0.1) is 6.61 Å². The van der Waals surface area contributed by atoms with Crippen molar-refractivity contribution < 1.29 is 17.9 Å². The van der Waals surface area contributed by atoms with E-state index < -0.39 is 21.2 Å². The molecule has 1 fully saturated rings. The molecule has 0 saturated carbocycles. The Morgan fingerprint density at radius 2 is 2.05 bits per heavy atom. The van der Waals surface area contributed by atoms with E-state index in [1.54, 1.807) is 0 Å². The second-order valence-electron chi connectivity index (χ2n) is 5.91. The topological polar surface area (TPSA) is 101 Å². The summed E-state index contributed by atoms with van der Waals surface area (Å²) in [7, 11) is -3.72. The van der Waals surface area contributed by atoms with Gasteiger partial charge in [-0.3, -0.25) is 9.89 Å². The van der Waals surface area contributed by atoms with E-state index in [4.69, 9.17) is 4.74 Å². The quantitative estimate of drug-likeness (QED) is 0.804. The molecule has 0 bridgehead atoms. The zero-order valence-corrected chi connectivity index (χ0v) is 13.2. The van der Waals surface area contributed by atoms with Crippen molar-refractivity contribution in [2.75, 3.05) is 13.2 Å². The van der Waals surface area contributed by atoms with E-state index in [0.717, 1.165) is 43.4 Å². The number of hydrogen-bond acceptors (Lipinski definition) is 5. The first-order valence-electron chi connectivity index (χ1n) is 7.78. The number of aromatic nitrogens is 2. The van der Waals surface area contributed by atoms with Crippen molar-refractivity contribution in [3.8, 4) is 0 Å².